The molecular weight excluding hydrogens is 326 g/mol. The Morgan fingerprint density at radius 2 is 2.12 bits per heavy atom. The third-order valence-corrected chi connectivity index (χ3v) is 6.55. The van der Waals surface area contributed by atoms with Crippen LogP contribution < -0.4 is 10.1 Å². The number of ether oxygens (including phenoxy) is 1. The largest absolute Gasteiger partial charge is 0.487 e. The second kappa shape index (κ2) is 7.20. The van der Waals surface area contributed by atoms with Gasteiger partial charge in [-0.3, -0.25) is 4.79 Å². The summed E-state index contributed by atoms with van der Waals surface area (Å²) < 4.78 is 6.47. The molecule has 5 heteroatoms. The molecule has 1 amide bonds. The molecule has 0 aromatic heterocycles. The van der Waals surface area contributed by atoms with Crippen molar-refractivity contribution in [2.75, 3.05) is 40.3 Å². The maximum absolute atomic E-state index is 13.0. The minimum Gasteiger partial charge on any atom is -0.487 e. The van der Waals surface area contributed by atoms with Crippen molar-refractivity contribution in [2.24, 2.45) is 0 Å². The Balaban J connectivity index is 1.51. The second-order valence-corrected chi connectivity index (χ2v) is 8.39. The van der Waals surface area contributed by atoms with E-state index in [4.69, 9.17) is 4.74 Å². The number of para-hydroxylation sites is 1. The van der Waals surface area contributed by atoms with E-state index in [1.165, 1.54) is 5.56 Å². The summed E-state index contributed by atoms with van der Waals surface area (Å²) in [6.07, 6.45) is 4.67. The van der Waals surface area contributed by atoms with Gasteiger partial charge in [0.15, 0.2) is 0 Å². The fourth-order valence-corrected chi connectivity index (χ4v) is 4.90. The summed E-state index contributed by atoms with van der Waals surface area (Å²) >= 11 is 0. The predicted octanol–water partition coefficient (Wildman–Crippen LogP) is 2.23. The van der Waals surface area contributed by atoms with Crippen LogP contribution in [0.25, 0.3) is 0 Å². The van der Waals surface area contributed by atoms with Gasteiger partial charge in [0, 0.05) is 32.0 Å². The minimum absolute atomic E-state index is 0.100. The van der Waals surface area contributed by atoms with E-state index in [1.54, 1.807) is 0 Å². The van der Waals surface area contributed by atoms with E-state index in [1.807, 2.05) is 18.0 Å². The van der Waals surface area contributed by atoms with Gasteiger partial charge in [-0.05, 0) is 64.0 Å². The Labute approximate surface area is 156 Å². The lowest BCUT2D eigenvalue weighted by Gasteiger charge is -2.45. The molecule has 5 nitrogen and oxygen atoms in total. The summed E-state index contributed by atoms with van der Waals surface area (Å²) in [5, 5.41) is 3.44. The number of hydrogen-bond acceptors (Lipinski definition) is 4. The van der Waals surface area contributed by atoms with E-state index < -0.39 is 0 Å². The fourth-order valence-electron chi connectivity index (χ4n) is 4.90. The zero-order chi connectivity index (χ0) is 18.1. The first kappa shape index (κ1) is 17.8. The van der Waals surface area contributed by atoms with E-state index in [0.29, 0.717) is 12.5 Å². The van der Waals surface area contributed by atoms with Crippen LogP contribution in [0.4, 0.5) is 0 Å². The van der Waals surface area contributed by atoms with Gasteiger partial charge in [-0.15, -0.1) is 0 Å². The van der Waals surface area contributed by atoms with Crippen LogP contribution in [0.1, 0.15) is 43.6 Å². The molecule has 0 radical (unpaired) electrons. The molecule has 0 aliphatic carbocycles. The van der Waals surface area contributed by atoms with Gasteiger partial charge in [0.1, 0.15) is 11.4 Å². The summed E-state index contributed by atoms with van der Waals surface area (Å²) in [7, 11) is 4.12. The predicted molar refractivity (Wildman–Crippen MR) is 103 cm³/mol. The molecule has 1 aromatic rings. The SMILES string of the molecule is CN1CCC(N(C)C(=O)CC2CC3(CCNCC3)Oc3ccccc32)C1. The summed E-state index contributed by atoms with van der Waals surface area (Å²) in [5.41, 5.74) is 1.11. The van der Waals surface area contributed by atoms with Crippen molar-refractivity contribution >= 4 is 5.91 Å². The Kier molecular flexibility index (Phi) is 4.93. The topological polar surface area (TPSA) is 44.8 Å². The van der Waals surface area contributed by atoms with Crippen LogP contribution in [0, 0.1) is 0 Å². The third-order valence-electron chi connectivity index (χ3n) is 6.55. The lowest BCUT2D eigenvalue weighted by molar-refractivity contribution is -0.132. The Hall–Kier alpha value is -1.59. The normalized spacial score (nSPS) is 27.8. The highest BCUT2D eigenvalue weighted by Crippen LogP contribution is 2.46. The van der Waals surface area contributed by atoms with Crippen molar-refractivity contribution in [1.82, 2.24) is 15.1 Å². The third kappa shape index (κ3) is 3.47. The molecule has 2 atom stereocenters. The fraction of sp³-hybridized carbons (Fsp3) is 0.667. The standard InChI is InChI=1S/C21H31N3O2/c1-23-12-7-17(15-23)24(2)20(25)13-16-14-21(8-10-22-11-9-21)26-19-6-4-3-5-18(16)19/h3-6,16-17,22H,7-15H2,1-2H3. The molecule has 1 N–H and O–H groups in total. The molecule has 0 saturated carbocycles. The van der Waals surface area contributed by atoms with Crippen LogP contribution in [0.2, 0.25) is 0 Å². The zero-order valence-corrected chi connectivity index (χ0v) is 16.0. The smallest absolute Gasteiger partial charge is 0.223 e. The van der Waals surface area contributed by atoms with E-state index in [-0.39, 0.29) is 17.4 Å². The number of nitrogens with zero attached hydrogens (tertiary/aromatic N) is 2. The lowest BCUT2D eigenvalue weighted by atomic mass is 9.76. The average molecular weight is 357 g/mol. The van der Waals surface area contributed by atoms with Crippen molar-refractivity contribution < 1.29 is 9.53 Å². The van der Waals surface area contributed by atoms with Crippen molar-refractivity contribution in [2.45, 2.75) is 49.7 Å². The number of likely N-dealkylation sites (tertiary alicyclic amines) is 1. The molecule has 0 bridgehead atoms. The molecule has 2 fully saturated rings. The van der Waals surface area contributed by atoms with Crippen molar-refractivity contribution in [1.29, 1.82) is 0 Å². The van der Waals surface area contributed by atoms with Crippen molar-refractivity contribution in [3.05, 3.63) is 29.8 Å². The van der Waals surface area contributed by atoms with Gasteiger partial charge >= 0.3 is 0 Å². The number of hydrogen-bond donors (Lipinski definition) is 1. The van der Waals surface area contributed by atoms with Crippen LogP contribution >= 0.6 is 0 Å². The molecule has 2 saturated heterocycles. The van der Waals surface area contributed by atoms with Gasteiger partial charge in [-0.2, -0.15) is 0 Å². The average Bonchev–Trinajstić information content (AvgIpc) is 3.08. The second-order valence-electron chi connectivity index (χ2n) is 8.39. The molecule has 3 aliphatic rings. The van der Waals surface area contributed by atoms with Crippen molar-refractivity contribution in [3.63, 3.8) is 0 Å². The summed E-state index contributed by atoms with van der Waals surface area (Å²) in [6.45, 7) is 4.06. The van der Waals surface area contributed by atoms with Crippen LogP contribution in [0.15, 0.2) is 24.3 Å². The lowest BCUT2D eigenvalue weighted by Crippen LogP contribution is -2.49. The molecule has 1 spiro atoms. The molecular formula is C21H31N3O2. The van der Waals surface area contributed by atoms with Gasteiger partial charge in [-0.1, -0.05) is 18.2 Å². The van der Waals surface area contributed by atoms with E-state index in [2.05, 4.69) is 35.5 Å². The maximum atomic E-state index is 13.0. The number of amides is 1. The van der Waals surface area contributed by atoms with Crippen LogP contribution in [-0.4, -0.2) is 67.6 Å². The van der Waals surface area contributed by atoms with Gasteiger partial charge < -0.3 is 19.9 Å². The zero-order valence-electron chi connectivity index (χ0n) is 16.0. The Morgan fingerprint density at radius 3 is 2.85 bits per heavy atom. The Morgan fingerprint density at radius 1 is 1.35 bits per heavy atom. The minimum atomic E-state index is -0.100. The number of likely N-dealkylation sites (N-methyl/N-ethyl adjacent to an activating group) is 2. The first-order chi connectivity index (χ1) is 12.6. The molecule has 142 valence electrons. The molecule has 26 heavy (non-hydrogen) atoms. The van der Waals surface area contributed by atoms with Gasteiger partial charge in [0.2, 0.25) is 5.91 Å². The monoisotopic (exact) mass is 357 g/mol. The summed E-state index contributed by atoms with van der Waals surface area (Å²) in [6, 6.07) is 8.68. The molecule has 3 heterocycles. The van der Waals surface area contributed by atoms with E-state index >= 15 is 0 Å². The molecule has 2 unspecified atom stereocenters. The van der Waals surface area contributed by atoms with Crippen LogP contribution in [0.5, 0.6) is 5.75 Å². The number of carbonyl (C=O) groups excluding carboxylic acids is 1. The quantitative estimate of drug-likeness (QED) is 0.901. The summed E-state index contributed by atoms with van der Waals surface area (Å²) in [4.78, 5) is 17.3. The molecule has 3 aliphatic heterocycles. The van der Waals surface area contributed by atoms with Gasteiger partial charge in [-0.25, -0.2) is 0 Å². The van der Waals surface area contributed by atoms with Gasteiger partial charge in [0.25, 0.3) is 0 Å². The number of rotatable bonds is 3. The van der Waals surface area contributed by atoms with Gasteiger partial charge in [0.05, 0.1) is 0 Å². The molecule has 1 aromatic carbocycles. The van der Waals surface area contributed by atoms with Crippen molar-refractivity contribution in [3.8, 4) is 5.75 Å². The number of carbonyl (C=O) groups is 1. The first-order valence-corrected chi connectivity index (χ1v) is 9.99. The number of benzene rings is 1. The first-order valence-electron chi connectivity index (χ1n) is 9.99. The highest BCUT2D eigenvalue weighted by Gasteiger charge is 2.42. The van der Waals surface area contributed by atoms with E-state index in [0.717, 1.165) is 57.6 Å². The maximum Gasteiger partial charge on any atom is 0.223 e. The Bertz CT molecular complexity index is 656. The number of nitrogens with one attached hydrogen (secondary N) is 1. The highest BCUT2D eigenvalue weighted by molar-refractivity contribution is 5.77. The van der Waals surface area contributed by atoms with E-state index in [9.17, 15) is 4.79 Å². The number of piperidine rings is 1. The van der Waals surface area contributed by atoms with Crippen LogP contribution in [0.3, 0.4) is 0 Å². The highest BCUT2D eigenvalue weighted by atomic mass is 16.5. The molecule has 4 rings (SSSR count). The number of fused-ring (bicyclic) bond motifs is 1. The van der Waals surface area contributed by atoms with Crippen LogP contribution in [-0.2, 0) is 4.79 Å². The summed E-state index contributed by atoms with van der Waals surface area (Å²) in [5.74, 6) is 1.52.